The van der Waals surface area contributed by atoms with Crippen molar-refractivity contribution in [3.05, 3.63) is 70.7 Å². The first-order valence-electron chi connectivity index (χ1n) is 14.5. The number of benzene rings is 2. The van der Waals surface area contributed by atoms with Crippen LogP contribution in [0.15, 0.2) is 60.1 Å². The minimum absolute atomic E-state index is 0. The molecule has 0 aliphatic carbocycles. The Balaban J connectivity index is 0.00000533. The van der Waals surface area contributed by atoms with Gasteiger partial charge in [0, 0.05) is 29.9 Å². The molecule has 3 aromatic rings. The smallest absolute Gasteiger partial charge is 0.323 e. The monoisotopic (exact) mass is 615 g/mol. The number of halogens is 1. The summed E-state index contributed by atoms with van der Waals surface area (Å²) in [5, 5.41) is 9.20. The van der Waals surface area contributed by atoms with Gasteiger partial charge in [-0.25, -0.2) is 4.79 Å². The summed E-state index contributed by atoms with van der Waals surface area (Å²) in [5.41, 5.74) is 2.63. The average Bonchev–Trinajstić information content (AvgIpc) is 3.31. The van der Waals surface area contributed by atoms with Crippen LogP contribution in [-0.4, -0.2) is 12.6 Å². The number of rotatable bonds is 18. The number of ether oxygens (including phenoxy) is 1. The van der Waals surface area contributed by atoms with Crippen LogP contribution >= 0.6 is 11.3 Å². The van der Waals surface area contributed by atoms with Gasteiger partial charge in [0.05, 0.1) is 12.0 Å². The molecule has 5 nitrogen and oxygen atoms in total. The van der Waals surface area contributed by atoms with Crippen molar-refractivity contribution < 1.29 is 31.1 Å². The summed E-state index contributed by atoms with van der Waals surface area (Å²) >= 11 is 1.73. The summed E-state index contributed by atoms with van der Waals surface area (Å²) in [6.45, 7) is 5.87. The number of thiazole rings is 1. The number of hydrogen-bond acceptors (Lipinski definition) is 3. The standard InChI is InChI=1S/C32H45N3O2S.BrH/c1-3-4-5-6-7-8-9-10-11-12-13-14-22-37-31-20-16-19-30(25-31)34-32(36)33-29-18-15-17-28(24-29)26-35-21-23-38-27(35)2;/h15-21,23-25H,3-14,22,26H2,1-2H3,(H-,33,34,36);1H. The van der Waals surface area contributed by atoms with Gasteiger partial charge in [-0.1, -0.05) is 107 Å². The van der Waals surface area contributed by atoms with Crippen LogP contribution in [0.4, 0.5) is 16.2 Å². The summed E-state index contributed by atoms with van der Waals surface area (Å²) in [6, 6.07) is 15.3. The lowest BCUT2D eigenvalue weighted by Crippen LogP contribution is -3.00. The predicted octanol–water partition coefficient (Wildman–Crippen LogP) is 6.12. The molecule has 1 aromatic heterocycles. The highest BCUT2D eigenvalue weighted by atomic mass is 79.9. The third-order valence-electron chi connectivity index (χ3n) is 6.78. The van der Waals surface area contributed by atoms with Crippen molar-refractivity contribution in [3.63, 3.8) is 0 Å². The fraction of sp³-hybridized carbons (Fsp3) is 0.500. The molecule has 2 amide bonds. The van der Waals surface area contributed by atoms with E-state index < -0.39 is 0 Å². The van der Waals surface area contributed by atoms with Crippen LogP contribution in [-0.2, 0) is 6.54 Å². The molecule has 39 heavy (non-hydrogen) atoms. The van der Waals surface area contributed by atoms with Crippen LogP contribution < -0.4 is 36.9 Å². The van der Waals surface area contributed by atoms with Gasteiger partial charge in [-0.2, -0.15) is 4.57 Å². The molecule has 0 fully saturated rings. The molecule has 0 atom stereocenters. The molecule has 0 saturated carbocycles. The van der Waals surface area contributed by atoms with Crippen molar-refractivity contribution >= 4 is 28.7 Å². The third kappa shape index (κ3) is 13.5. The Kier molecular flexibility index (Phi) is 16.5. The quantitative estimate of drug-likeness (QED) is 0.134. The maximum absolute atomic E-state index is 12.6. The predicted molar refractivity (Wildman–Crippen MR) is 160 cm³/mol. The second kappa shape index (κ2) is 19.6. The first-order chi connectivity index (χ1) is 18.6. The van der Waals surface area contributed by atoms with Gasteiger partial charge < -0.3 is 32.4 Å². The zero-order chi connectivity index (χ0) is 26.8. The van der Waals surface area contributed by atoms with Crippen LogP contribution in [0.3, 0.4) is 0 Å². The number of amides is 2. The van der Waals surface area contributed by atoms with E-state index in [0.29, 0.717) is 6.61 Å². The van der Waals surface area contributed by atoms with E-state index in [0.717, 1.165) is 35.7 Å². The molecular formula is C32H46BrN3O2S. The van der Waals surface area contributed by atoms with E-state index in [9.17, 15) is 4.79 Å². The maximum atomic E-state index is 12.6. The van der Waals surface area contributed by atoms with Crippen LogP contribution in [0.1, 0.15) is 94.5 Å². The van der Waals surface area contributed by atoms with Gasteiger partial charge in [0.1, 0.15) is 5.75 Å². The van der Waals surface area contributed by atoms with E-state index in [-0.39, 0.29) is 23.0 Å². The largest absolute Gasteiger partial charge is 1.00 e. The average molecular weight is 617 g/mol. The molecule has 0 aliphatic rings. The SMILES string of the molecule is CCCCCCCCCCCCCCOc1cccc(NC(=O)Nc2cccc(C[n+]3ccsc3C)c2)c1.[Br-]. The van der Waals surface area contributed by atoms with Crippen molar-refractivity contribution in [1.82, 2.24) is 0 Å². The number of anilines is 2. The van der Waals surface area contributed by atoms with Crippen LogP contribution in [0.25, 0.3) is 0 Å². The summed E-state index contributed by atoms with van der Waals surface area (Å²) in [7, 11) is 0. The highest BCUT2D eigenvalue weighted by molar-refractivity contribution is 7.09. The Labute approximate surface area is 250 Å². The Hall–Kier alpha value is -2.38. The van der Waals surface area contributed by atoms with Gasteiger partial charge in [0.25, 0.3) is 0 Å². The summed E-state index contributed by atoms with van der Waals surface area (Å²) in [5.74, 6) is 0.788. The van der Waals surface area contributed by atoms with Gasteiger partial charge in [-0.15, -0.1) is 0 Å². The lowest BCUT2D eigenvalue weighted by atomic mass is 10.1. The number of unbranched alkanes of at least 4 members (excludes halogenated alkanes) is 11. The zero-order valence-electron chi connectivity index (χ0n) is 23.7. The number of aryl methyl sites for hydroxylation is 1. The van der Waals surface area contributed by atoms with Gasteiger partial charge >= 0.3 is 6.03 Å². The van der Waals surface area contributed by atoms with Gasteiger partial charge in [-0.3, -0.25) is 0 Å². The van der Waals surface area contributed by atoms with E-state index >= 15 is 0 Å². The first kappa shape index (κ1) is 32.8. The first-order valence-corrected chi connectivity index (χ1v) is 15.4. The lowest BCUT2D eigenvalue weighted by Gasteiger charge is -2.11. The lowest BCUT2D eigenvalue weighted by molar-refractivity contribution is -0.689. The number of carbonyl (C=O) groups excluding carboxylic acids is 1. The molecule has 2 N–H and O–H groups in total. The highest BCUT2D eigenvalue weighted by Crippen LogP contribution is 2.19. The van der Waals surface area contributed by atoms with Crippen molar-refractivity contribution in [3.8, 4) is 5.75 Å². The van der Waals surface area contributed by atoms with E-state index in [1.807, 2.05) is 42.5 Å². The summed E-state index contributed by atoms with van der Waals surface area (Å²) < 4.78 is 8.14. The number of nitrogens with one attached hydrogen (secondary N) is 2. The summed E-state index contributed by atoms with van der Waals surface area (Å²) in [4.78, 5) is 12.6. The van der Waals surface area contributed by atoms with Crippen molar-refractivity contribution in [1.29, 1.82) is 0 Å². The van der Waals surface area contributed by atoms with Gasteiger partial charge in [0.15, 0.2) is 12.7 Å². The molecule has 0 aliphatic heterocycles. The fourth-order valence-electron chi connectivity index (χ4n) is 4.57. The number of urea groups is 1. The molecule has 7 heteroatoms. The van der Waals surface area contributed by atoms with Gasteiger partial charge in [-0.05, 0) is 30.7 Å². The molecule has 0 saturated heterocycles. The molecule has 2 aromatic carbocycles. The minimum Gasteiger partial charge on any atom is -1.00 e. The molecule has 0 unspecified atom stereocenters. The van der Waals surface area contributed by atoms with Crippen LogP contribution in [0.5, 0.6) is 5.75 Å². The minimum atomic E-state index is -0.264. The number of nitrogens with zero attached hydrogens (tertiary/aromatic N) is 1. The summed E-state index contributed by atoms with van der Waals surface area (Å²) in [6.07, 6.45) is 18.1. The maximum Gasteiger partial charge on any atom is 0.323 e. The normalized spacial score (nSPS) is 10.6. The molecule has 1 heterocycles. The molecule has 0 spiro atoms. The Bertz CT molecular complexity index is 1090. The number of carbonyl (C=O) groups is 1. The van der Waals surface area contributed by atoms with E-state index in [1.54, 1.807) is 11.3 Å². The van der Waals surface area contributed by atoms with Crippen LogP contribution in [0.2, 0.25) is 0 Å². The van der Waals surface area contributed by atoms with Crippen molar-refractivity contribution in [2.75, 3.05) is 17.2 Å². The molecule has 3 rings (SSSR count). The second-order valence-corrected chi connectivity index (χ2v) is 11.2. The highest BCUT2D eigenvalue weighted by Gasteiger charge is 2.10. The third-order valence-corrected chi connectivity index (χ3v) is 7.61. The molecule has 0 radical (unpaired) electrons. The Morgan fingerprint density at radius 3 is 2.03 bits per heavy atom. The van der Waals surface area contributed by atoms with Crippen molar-refractivity contribution in [2.24, 2.45) is 0 Å². The van der Waals surface area contributed by atoms with E-state index in [4.69, 9.17) is 4.74 Å². The van der Waals surface area contributed by atoms with Crippen molar-refractivity contribution in [2.45, 2.75) is 97.4 Å². The fourth-order valence-corrected chi connectivity index (χ4v) is 5.24. The molecule has 214 valence electrons. The molecular weight excluding hydrogens is 570 g/mol. The van der Waals surface area contributed by atoms with E-state index in [2.05, 4.69) is 46.7 Å². The number of hydrogen-bond donors (Lipinski definition) is 2. The Morgan fingerprint density at radius 2 is 1.41 bits per heavy atom. The number of aromatic nitrogens is 1. The van der Waals surface area contributed by atoms with Gasteiger partial charge in [0.2, 0.25) is 5.01 Å². The molecule has 0 bridgehead atoms. The van der Waals surface area contributed by atoms with E-state index in [1.165, 1.54) is 75.6 Å². The van der Waals surface area contributed by atoms with Crippen LogP contribution in [0, 0.1) is 6.92 Å². The second-order valence-electron chi connectivity index (χ2n) is 10.1. The zero-order valence-corrected chi connectivity index (χ0v) is 26.1. The topological polar surface area (TPSA) is 54.2 Å². The Morgan fingerprint density at radius 1 is 0.821 bits per heavy atom.